The second-order valence-electron chi connectivity index (χ2n) is 10.6. The molecule has 1 fully saturated rings. The molecule has 202 valence electrons. The van der Waals surface area contributed by atoms with Gasteiger partial charge in [-0.15, -0.1) is 0 Å². The molecule has 1 saturated heterocycles. The topological polar surface area (TPSA) is 63.7 Å². The monoisotopic (exact) mass is 563 g/mol. The molecule has 1 aliphatic carbocycles. The van der Waals surface area contributed by atoms with E-state index in [9.17, 15) is 18.8 Å². The van der Waals surface area contributed by atoms with Crippen LogP contribution >= 0.6 is 11.6 Å². The molecule has 2 heterocycles. The predicted octanol–water partition coefficient (Wildman–Crippen LogP) is 6.80. The molecule has 41 heavy (non-hydrogen) atoms. The number of carbonyl (C=O) groups is 3. The first-order chi connectivity index (χ1) is 19.9. The molecule has 4 aromatic carbocycles. The highest BCUT2D eigenvalue weighted by molar-refractivity contribution is 6.33. The van der Waals surface area contributed by atoms with E-state index in [1.165, 1.54) is 19.2 Å². The first-order valence-electron chi connectivity index (χ1n) is 13.2. The van der Waals surface area contributed by atoms with Gasteiger partial charge in [-0.1, -0.05) is 72.3 Å². The van der Waals surface area contributed by atoms with Crippen LogP contribution in [0.5, 0.6) is 5.75 Å². The molecule has 0 bridgehead atoms. The van der Waals surface area contributed by atoms with Crippen LogP contribution in [-0.4, -0.2) is 36.5 Å². The number of halogens is 2. The Hall–Kier alpha value is -4.55. The summed E-state index contributed by atoms with van der Waals surface area (Å²) in [7, 11) is 1.52. The van der Waals surface area contributed by atoms with Crippen molar-refractivity contribution < 1.29 is 23.5 Å². The number of ether oxygens (including phenoxy) is 1. The zero-order valence-corrected chi connectivity index (χ0v) is 22.6. The Morgan fingerprint density at radius 3 is 2.34 bits per heavy atom. The van der Waals surface area contributed by atoms with Crippen molar-refractivity contribution in [3.63, 3.8) is 0 Å². The molecule has 1 spiro atoms. The number of Topliss-reactive ketones (excluding diaryl/α,β-unsaturated/α-hetero) is 3. The number of nitrogens with zero attached hydrogens (tertiary/aromatic N) is 1. The number of fused-ring (bicyclic) bond motifs is 5. The Balaban J connectivity index is 1.55. The molecule has 7 rings (SSSR count). The highest BCUT2D eigenvalue weighted by atomic mass is 35.5. The largest absolute Gasteiger partial charge is 0.497 e. The van der Waals surface area contributed by atoms with Crippen molar-refractivity contribution in [2.75, 3.05) is 12.0 Å². The highest BCUT2D eigenvalue weighted by Crippen LogP contribution is 2.61. The Morgan fingerprint density at radius 1 is 0.902 bits per heavy atom. The van der Waals surface area contributed by atoms with E-state index in [4.69, 9.17) is 16.3 Å². The molecular weight excluding hydrogens is 541 g/mol. The van der Waals surface area contributed by atoms with Crippen LogP contribution in [0.4, 0.5) is 10.1 Å². The average Bonchev–Trinajstić information content (AvgIpc) is 3.42. The highest BCUT2D eigenvalue weighted by Gasteiger charge is 2.71. The van der Waals surface area contributed by atoms with Crippen molar-refractivity contribution in [2.24, 2.45) is 5.41 Å². The van der Waals surface area contributed by atoms with Crippen LogP contribution in [0.15, 0.2) is 97.1 Å². The van der Waals surface area contributed by atoms with Crippen LogP contribution in [0.3, 0.4) is 0 Å². The molecule has 3 atom stereocenters. The number of rotatable bonds is 4. The van der Waals surface area contributed by atoms with E-state index in [1.54, 1.807) is 91.0 Å². The van der Waals surface area contributed by atoms with Crippen molar-refractivity contribution in [3.05, 3.63) is 136 Å². The summed E-state index contributed by atoms with van der Waals surface area (Å²) in [6.07, 6.45) is 3.50. The Morgan fingerprint density at radius 2 is 1.63 bits per heavy atom. The minimum absolute atomic E-state index is 0.294. The summed E-state index contributed by atoms with van der Waals surface area (Å²) in [6, 6.07) is 23.1. The second-order valence-corrected chi connectivity index (χ2v) is 11.0. The maximum atomic E-state index is 14.7. The number of hydrogen-bond acceptors (Lipinski definition) is 5. The van der Waals surface area contributed by atoms with Gasteiger partial charge in [0.1, 0.15) is 23.0 Å². The van der Waals surface area contributed by atoms with Crippen LogP contribution in [0.2, 0.25) is 5.02 Å². The fraction of sp³-hybridized carbons (Fsp3) is 0.147. The van der Waals surface area contributed by atoms with E-state index in [0.29, 0.717) is 44.3 Å². The number of hydrogen-bond donors (Lipinski definition) is 0. The molecule has 0 aromatic heterocycles. The predicted molar refractivity (Wildman–Crippen MR) is 155 cm³/mol. The third-order valence-electron chi connectivity index (χ3n) is 8.60. The van der Waals surface area contributed by atoms with Gasteiger partial charge in [-0.05, 0) is 48.0 Å². The van der Waals surface area contributed by atoms with Crippen LogP contribution in [0, 0.1) is 11.2 Å². The lowest BCUT2D eigenvalue weighted by Crippen LogP contribution is -2.48. The van der Waals surface area contributed by atoms with Crippen LogP contribution < -0.4 is 9.64 Å². The summed E-state index contributed by atoms with van der Waals surface area (Å²) >= 11 is 6.47. The van der Waals surface area contributed by atoms with Gasteiger partial charge in [-0.25, -0.2) is 4.39 Å². The third-order valence-corrected chi connectivity index (χ3v) is 8.83. The summed E-state index contributed by atoms with van der Waals surface area (Å²) in [5, 5.41) is 0.420. The van der Waals surface area contributed by atoms with Crippen LogP contribution in [-0.2, 0) is 0 Å². The lowest BCUT2D eigenvalue weighted by Gasteiger charge is -2.37. The van der Waals surface area contributed by atoms with Crippen molar-refractivity contribution in [2.45, 2.75) is 18.0 Å². The third kappa shape index (κ3) is 3.50. The molecular formula is C34H23ClFNO4. The van der Waals surface area contributed by atoms with Crippen molar-refractivity contribution in [1.29, 1.82) is 0 Å². The minimum atomic E-state index is -1.66. The van der Waals surface area contributed by atoms with Gasteiger partial charge >= 0.3 is 0 Å². The van der Waals surface area contributed by atoms with Gasteiger partial charge in [0.2, 0.25) is 0 Å². The summed E-state index contributed by atoms with van der Waals surface area (Å²) in [5.74, 6) is -1.80. The zero-order chi connectivity index (χ0) is 28.5. The first-order valence-corrected chi connectivity index (χ1v) is 13.6. The van der Waals surface area contributed by atoms with Gasteiger partial charge in [0.25, 0.3) is 0 Å². The lowest BCUT2D eigenvalue weighted by atomic mass is 9.64. The summed E-state index contributed by atoms with van der Waals surface area (Å²) in [5.41, 5.74) is 1.10. The first kappa shape index (κ1) is 25.4. The zero-order valence-electron chi connectivity index (χ0n) is 21.9. The van der Waals surface area contributed by atoms with E-state index in [0.717, 1.165) is 0 Å². The standard InChI is InChI=1S/C34H23ClFNO4/c1-41-24-9-5-7-21(18-24)31(38)30-29(20-6-4-8-22(35)16-20)34(32(39)25-10-2-3-11-26(25)33(34)40)28-15-12-19-17-23(36)13-14-27(19)37(28)30/h2-18,28-30H,1H3/t28-,29+,30-/m1/s1. The lowest BCUT2D eigenvalue weighted by molar-refractivity contribution is 0.0666. The van der Waals surface area contributed by atoms with Crippen LogP contribution in [0.25, 0.3) is 6.08 Å². The van der Waals surface area contributed by atoms with Gasteiger partial charge in [0, 0.05) is 38.9 Å². The van der Waals surface area contributed by atoms with Gasteiger partial charge < -0.3 is 9.64 Å². The normalized spacial score (nSPS) is 21.5. The van der Waals surface area contributed by atoms with Crippen molar-refractivity contribution >= 4 is 40.7 Å². The van der Waals surface area contributed by atoms with Crippen molar-refractivity contribution in [1.82, 2.24) is 0 Å². The van der Waals surface area contributed by atoms with Crippen molar-refractivity contribution in [3.8, 4) is 5.75 Å². The molecule has 0 amide bonds. The van der Waals surface area contributed by atoms with E-state index in [1.807, 2.05) is 4.90 Å². The number of benzene rings is 4. The number of ketones is 3. The van der Waals surface area contributed by atoms with Gasteiger partial charge in [-0.3, -0.25) is 14.4 Å². The summed E-state index contributed by atoms with van der Waals surface area (Å²) in [4.78, 5) is 45.8. The van der Waals surface area contributed by atoms with E-state index in [2.05, 4.69) is 0 Å². The summed E-state index contributed by atoms with van der Waals surface area (Å²) in [6.45, 7) is 0. The molecule has 2 aliphatic heterocycles. The van der Waals surface area contributed by atoms with Gasteiger partial charge in [0.15, 0.2) is 17.3 Å². The Bertz CT molecular complexity index is 1780. The van der Waals surface area contributed by atoms with E-state index in [-0.39, 0.29) is 17.3 Å². The molecule has 0 saturated carbocycles. The molecule has 0 radical (unpaired) electrons. The number of carbonyl (C=O) groups excluding carboxylic acids is 3. The van der Waals surface area contributed by atoms with E-state index >= 15 is 0 Å². The fourth-order valence-electron chi connectivity index (χ4n) is 6.97. The number of methoxy groups -OCH3 is 1. The van der Waals surface area contributed by atoms with Gasteiger partial charge in [0.05, 0.1) is 13.2 Å². The molecule has 7 heteroatoms. The smallest absolute Gasteiger partial charge is 0.186 e. The molecule has 4 aromatic rings. The van der Waals surface area contributed by atoms with E-state index < -0.39 is 29.2 Å². The van der Waals surface area contributed by atoms with Gasteiger partial charge in [-0.2, -0.15) is 0 Å². The van der Waals surface area contributed by atoms with Crippen LogP contribution in [0.1, 0.15) is 48.1 Å². The quantitative estimate of drug-likeness (QED) is 0.202. The fourth-order valence-corrected chi connectivity index (χ4v) is 7.17. The maximum Gasteiger partial charge on any atom is 0.186 e. The number of anilines is 1. The Labute approximate surface area is 240 Å². The Kier molecular flexibility index (Phi) is 5.73. The molecule has 3 aliphatic rings. The SMILES string of the molecule is COc1cccc(C(=O)[C@H]2[C@H](c3cccc(Cl)c3)C3(C(=O)c4ccccc4C3=O)[C@H]3C=Cc4cc(F)ccc4N23)c1. The molecule has 5 nitrogen and oxygen atoms in total. The maximum absolute atomic E-state index is 14.7. The molecule has 0 unspecified atom stereocenters. The minimum Gasteiger partial charge on any atom is -0.497 e. The second kappa shape index (κ2) is 9.25. The molecule has 0 N–H and O–H groups in total. The summed E-state index contributed by atoms with van der Waals surface area (Å²) < 4.78 is 19.8. The average molecular weight is 564 g/mol.